The van der Waals surface area contributed by atoms with Crippen molar-refractivity contribution in [3.8, 4) is 0 Å². The van der Waals surface area contributed by atoms with Gasteiger partial charge in [0.15, 0.2) is 0 Å². The van der Waals surface area contributed by atoms with Gasteiger partial charge in [-0.1, -0.05) is 31.4 Å². The van der Waals surface area contributed by atoms with E-state index < -0.39 is 0 Å². The average Bonchev–Trinajstić information content (AvgIpc) is 2.31. The van der Waals surface area contributed by atoms with Crippen LogP contribution in [0.1, 0.15) is 12.5 Å². The minimum absolute atomic E-state index is 0.245. The van der Waals surface area contributed by atoms with Gasteiger partial charge in [0.25, 0.3) is 0 Å². The van der Waals surface area contributed by atoms with Crippen LogP contribution >= 0.6 is 0 Å². The SMILES string of the molecule is C=C/C(C)=C(\C=C)OCc1ccc(F)cc1. The molecule has 0 unspecified atom stereocenters. The van der Waals surface area contributed by atoms with E-state index in [0.29, 0.717) is 12.4 Å². The van der Waals surface area contributed by atoms with Gasteiger partial charge >= 0.3 is 0 Å². The lowest BCUT2D eigenvalue weighted by molar-refractivity contribution is 0.209. The molecule has 2 heteroatoms. The molecule has 0 saturated heterocycles. The van der Waals surface area contributed by atoms with Crippen molar-refractivity contribution in [3.05, 3.63) is 72.3 Å². The van der Waals surface area contributed by atoms with Gasteiger partial charge in [0.05, 0.1) is 0 Å². The van der Waals surface area contributed by atoms with E-state index in [1.165, 1.54) is 12.1 Å². The zero-order valence-electron chi connectivity index (χ0n) is 9.37. The summed E-state index contributed by atoms with van der Waals surface area (Å²) in [6.07, 6.45) is 3.35. The fraction of sp³-hybridized carbons (Fsp3) is 0.143. The van der Waals surface area contributed by atoms with Gasteiger partial charge in [-0.25, -0.2) is 4.39 Å². The summed E-state index contributed by atoms with van der Waals surface area (Å²) in [5.74, 6) is 0.449. The van der Waals surface area contributed by atoms with Crippen LogP contribution in [0.2, 0.25) is 0 Å². The Balaban J connectivity index is 2.67. The lowest BCUT2D eigenvalue weighted by atomic mass is 10.2. The molecule has 1 rings (SSSR count). The molecule has 0 aliphatic heterocycles. The van der Waals surface area contributed by atoms with E-state index in [0.717, 1.165) is 11.1 Å². The van der Waals surface area contributed by atoms with Crippen LogP contribution in [0.15, 0.2) is 60.9 Å². The van der Waals surface area contributed by atoms with E-state index in [1.807, 2.05) is 6.92 Å². The Morgan fingerprint density at radius 3 is 2.38 bits per heavy atom. The summed E-state index contributed by atoms with van der Waals surface area (Å²) in [6, 6.07) is 6.21. The zero-order valence-corrected chi connectivity index (χ0v) is 9.37. The molecule has 1 aromatic carbocycles. The fourth-order valence-electron chi connectivity index (χ4n) is 1.18. The van der Waals surface area contributed by atoms with E-state index >= 15 is 0 Å². The van der Waals surface area contributed by atoms with Crippen molar-refractivity contribution < 1.29 is 9.13 Å². The number of hydrogen-bond donors (Lipinski definition) is 0. The summed E-state index contributed by atoms with van der Waals surface area (Å²) in [4.78, 5) is 0. The highest BCUT2D eigenvalue weighted by molar-refractivity contribution is 5.25. The average molecular weight is 218 g/mol. The summed E-state index contributed by atoms with van der Waals surface area (Å²) in [6.45, 7) is 9.62. The predicted molar refractivity (Wildman–Crippen MR) is 64.3 cm³/mol. The highest BCUT2D eigenvalue weighted by Crippen LogP contribution is 2.12. The van der Waals surface area contributed by atoms with Gasteiger partial charge in [-0.2, -0.15) is 0 Å². The van der Waals surface area contributed by atoms with E-state index in [-0.39, 0.29) is 5.82 Å². The van der Waals surface area contributed by atoms with Crippen molar-refractivity contribution in [1.82, 2.24) is 0 Å². The van der Waals surface area contributed by atoms with Gasteiger partial charge in [0.2, 0.25) is 0 Å². The monoisotopic (exact) mass is 218 g/mol. The largest absolute Gasteiger partial charge is 0.489 e. The summed E-state index contributed by atoms with van der Waals surface area (Å²) < 4.78 is 18.2. The van der Waals surface area contributed by atoms with Crippen molar-refractivity contribution >= 4 is 0 Å². The third kappa shape index (κ3) is 3.39. The van der Waals surface area contributed by atoms with Crippen molar-refractivity contribution in [2.24, 2.45) is 0 Å². The van der Waals surface area contributed by atoms with Gasteiger partial charge in [0, 0.05) is 0 Å². The van der Waals surface area contributed by atoms with Crippen LogP contribution in [0.25, 0.3) is 0 Å². The smallest absolute Gasteiger partial charge is 0.123 e. The van der Waals surface area contributed by atoms with Gasteiger partial charge in [-0.15, -0.1) is 0 Å². The van der Waals surface area contributed by atoms with Crippen molar-refractivity contribution in [2.75, 3.05) is 0 Å². The summed E-state index contributed by atoms with van der Waals surface area (Å²) in [5.41, 5.74) is 1.84. The molecule has 0 fully saturated rings. The molecule has 0 saturated carbocycles. The maximum Gasteiger partial charge on any atom is 0.123 e. The number of allylic oxidation sites excluding steroid dienone is 3. The Morgan fingerprint density at radius 2 is 1.88 bits per heavy atom. The van der Waals surface area contributed by atoms with Gasteiger partial charge < -0.3 is 4.74 Å². The maximum atomic E-state index is 12.7. The molecule has 1 nitrogen and oxygen atoms in total. The minimum Gasteiger partial charge on any atom is -0.489 e. The van der Waals surface area contributed by atoms with E-state index in [9.17, 15) is 4.39 Å². The third-order valence-corrected chi connectivity index (χ3v) is 2.19. The number of benzene rings is 1. The standard InChI is InChI=1S/C14H15FO/c1-4-11(3)14(5-2)16-10-12-6-8-13(15)9-7-12/h4-9H,1-2,10H2,3H3/b14-11+. The Bertz CT molecular complexity index is 401. The Labute approximate surface area is 95.6 Å². The van der Waals surface area contributed by atoms with Gasteiger partial charge in [-0.3, -0.25) is 0 Å². The summed E-state index contributed by atoms with van der Waals surface area (Å²) >= 11 is 0. The van der Waals surface area contributed by atoms with E-state index in [2.05, 4.69) is 13.2 Å². The molecular weight excluding hydrogens is 203 g/mol. The zero-order chi connectivity index (χ0) is 12.0. The first-order valence-corrected chi connectivity index (χ1v) is 5.00. The Kier molecular flexibility index (Phi) is 4.52. The second kappa shape index (κ2) is 5.91. The molecule has 0 heterocycles. The molecule has 0 aliphatic rings. The normalized spacial score (nSPS) is 11.6. The minimum atomic E-state index is -0.245. The molecule has 1 aromatic rings. The van der Waals surface area contributed by atoms with Crippen LogP contribution < -0.4 is 0 Å². The van der Waals surface area contributed by atoms with Crippen molar-refractivity contribution in [2.45, 2.75) is 13.5 Å². The number of halogens is 1. The van der Waals surface area contributed by atoms with Crippen molar-refractivity contribution in [3.63, 3.8) is 0 Å². The molecule has 0 atom stereocenters. The third-order valence-electron chi connectivity index (χ3n) is 2.19. The molecule has 84 valence electrons. The Morgan fingerprint density at radius 1 is 1.25 bits per heavy atom. The first kappa shape index (κ1) is 12.2. The van der Waals surface area contributed by atoms with E-state index in [4.69, 9.17) is 4.74 Å². The van der Waals surface area contributed by atoms with Crippen LogP contribution in [0.5, 0.6) is 0 Å². The van der Waals surface area contributed by atoms with Crippen molar-refractivity contribution in [1.29, 1.82) is 0 Å². The highest BCUT2D eigenvalue weighted by Gasteiger charge is 1.98. The fourth-order valence-corrected chi connectivity index (χ4v) is 1.18. The molecule has 16 heavy (non-hydrogen) atoms. The van der Waals surface area contributed by atoms with Crippen LogP contribution in [-0.4, -0.2) is 0 Å². The first-order valence-electron chi connectivity index (χ1n) is 5.00. The summed E-state index contributed by atoms with van der Waals surface area (Å²) in [5, 5.41) is 0. The number of hydrogen-bond acceptors (Lipinski definition) is 1. The Hall–Kier alpha value is -1.83. The topological polar surface area (TPSA) is 9.23 Å². The van der Waals surface area contributed by atoms with Crippen LogP contribution in [0.3, 0.4) is 0 Å². The highest BCUT2D eigenvalue weighted by atomic mass is 19.1. The molecule has 0 amide bonds. The number of rotatable bonds is 5. The second-order valence-electron chi connectivity index (χ2n) is 3.37. The lowest BCUT2D eigenvalue weighted by Crippen LogP contribution is -1.94. The van der Waals surface area contributed by atoms with Crippen LogP contribution in [-0.2, 0) is 11.3 Å². The summed E-state index contributed by atoms with van der Waals surface area (Å²) in [7, 11) is 0. The molecular formula is C14H15FO. The molecule has 0 radical (unpaired) electrons. The molecule has 0 N–H and O–H groups in total. The maximum absolute atomic E-state index is 12.7. The molecule has 0 aliphatic carbocycles. The van der Waals surface area contributed by atoms with Gasteiger partial charge in [0.1, 0.15) is 18.2 Å². The first-order chi connectivity index (χ1) is 7.67. The molecule has 0 bridgehead atoms. The predicted octanol–water partition coefficient (Wildman–Crippen LogP) is 3.99. The number of ether oxygens (including phenoxy) is 1. The van der Waals surface area contributed by atoms with Crippen LogP contribution in [0.4, 0.5) is 4.39 Å². The lowest BCUT2D eigenvalue weighted by Gasteiger charge is -2.08. The quantitative estimate of drug-likeness (QED) is 0.536. The van der Waals surface area contributed by atoms with Gasteiger partial charge in [-0.05, 0) is 36.3 Å². The molecule has 0 spiro atoms. The van der Waals surface area contributed by atoms with Crippen LogP contribution in [0, 0.1) is 5.82 Å². The second-order valence-corrected chi connectivity index (χ2v) is 3.37. The molecule has 0 aromatic heterocycles. The van der Waals surface area contributed by atoms with E-state index in [1.54, 1.807) is 24.3 Å².